The number of nitrogens with one attached hydrogen (secondary N) is 1. The monoisotopic (exact) mass is 394 g/mol. The molecule has 2 aromatic rings. The third kappa shape index (κ3) is 4.39. The Morgan fingerprint density at radius 3 is 2.75 bits per heavy atom. The summed E-state index contributed by atoms with van der Waals surface area (Å²) in [4.78, 5) is 21.8. The molecule has 0 heterocycles. The van der Waals surface area contributed by atoms with Gasteiger partial charge in [-0.15, -0.1) is 0 Å². The third-order valence-corrected chi connectivity index (χ3v) is 3.51. The number of ether oxygens (including phenoxy) is 1. The second-order valence-electron chi connectivity index (χ2n) is 4.63. The van der Waals surface area contributed by atoms with Crippen molar-refractivity contribution in [2.24, 2.45) is 0 Å². The Kier molecular flexibility index (Phi) is 5.64. The zero-order chi connectivity index (χ0) is 17.7. The summed E-state index contributed by atoms with van der Waals surface area (Å²) in [7, 11) is 1.51. The highest BCUT2D eigenvalue weighted by Crippen LogP contribution is 2.24. The van der Waals surface area contributed by atoms with Gasteiger partial charge in [-0.1, -0.05) is 15.9 Å². The Morgan fingerprint density at radius 1 is 1.33 bits per heavy atom. The molecule has 2 aromatic carbocycles. The van der Waals surface area contributed by atoms with Crippen molar-refractivity contribution >= 4 is 39.3 Å². The molecule has 124 valence electrons. The molecule has 1 amide bonds. The molecule has 6 nitrogen and oxygen atoms in total. The third-order valence-electron chi connectivity index (χ3n) is 3.02. The number of methoxy groups -OCH3 is 1. The summed E-state index contributed by atoms with van der Waals surface area (Å²) in [6.45, 7) is 0. The number of halogens is 2. The lowest BCUT2D eigenvalue weighted by Crippen LogP contribution is -2.08. The van der Waals surface area contributed by atoms with Crippen molar-refractivity contribution < 1.29 is 18.8 Å². The van der Waals surface area contributed by atoms with Gasteiger partial charge >= 0.3 is 5.69 Å². The van der Waals surface area contributed by atoms with Gasteiger partial charge in [0.1, 0.15) is 5.75 Å². The van der Waals surface area contributed by atoms with Crippen LogP contribution in [0.3, 0.4) is 0 Å². The Morgan fingerprint density at radius 2 is 2.08 bits per heavy atom. The minimum Gasteiger partial charge on any atom is -0.496 e. The molecule has 0 aromatic heterocycles. The van der Waals surface area contributed by atoms with E-state index in [4.69, 9.17) is 4.74 Å². The van der Waals surface area contributed by atoms with Gasteiger partial charge in [0, 0.05) is 27.9 Å². The first-order valence-electron chi connectivity index (χ1n) is 6.67. The smallest absolute Gasteiger partial charge is 0.306 e. The van der Waals surface area contributed by atoms with E-state index in [-0.39, 0.29) is 5.69 Å². The Balaban J connectivity index is 2.15. The maximum atomic E-state index is 13.3. The average molecular weight is 395 g/mol. The predicted molar refractivity (Wildman–Crippen MR) is 91.4 cm³/mol. The summed E-state index contributed by atoms with van der Waals surface area (Å²) in [5.41, 5.74) is 0.0940. The van der Waals surface area contributed by atoms with E-state index in [2.05, 4.69) is 21.2 Å². The quantitative estimate of drug-likeness (QED) is 0.468. The molecule has 0 fully saturated rings. The molecule has 1 N–H and O–H groups in total. The average Bonchev–Trinajstić information content (AvgIpc) is 2.54. The number of nitro benzene ring substituents is 1. The van der Waals surface area contributed by atoms with E-state index in [0.29, 0.717) is 11.3 Å². The van der Waals surface area contributed by atoms with Crippen LogP contribution in [-0.4, -0.2) is 17.9 Å². The summed E-state index contributed by atoms with van der Waals surface area (Å²) < 4.78 is 19.3. The minimum atomic E-state index is -0.965. The molecule has 0 aliphatic heterocycles. The number of hydrogen-bond donors (Lipinski definition) is 1. The highest BCUT2D eigenvalue weighted by molar-refractivity contribution is 9.10. The van der Waals surface area contributed by atoms with Crippen LogP contribution in [0.2, 0.25) is 0 Å². The van der Waals surface area contributed by atoms with Crippen LogP contribution in [0.15, 0.2) is 46.9 Å². The van der Waals surface area contributed by atoms with Crippen LogP contribution in [-0.2, 0) is 4.79 Å². The number of carbonyl (C=O) groups is 1. The molecule has 0 spiro atoms. The van der Waals surface area contributed by atoms with Crippen molar-refractivity contribution in [2.75, 3.05) is 12.4 Å². The van der Waals surface area contributed by atoms with E-state index < -0.39 is 22.3 Å². The van der Waals surface area contributed by atoms with E-state index >= 15 is 0 Å². The molecule has 0 bridgehead atoms. The molecule has 0 unspecified atom stereocenters. The van der Waals surface area contributed by atoms with Gasteiger partial charge in [-0.25, -0.2) is 0 Å². The van der Waals surface area contributed by atoms with E-state index in [1.807, 2.05) is 0 Å². The highest BCUT2D eigenvalue weighted by atomic mass is 79.9. The molecule has 0 saturated heterocycles. The maximum absolute atomic E-state index is 13.3. The van der Waals surface area contributed by atoms with Crippen molar-refractivity contribution in [3.63, 3.8) is 0 Å². The maximum Gasteiger partial charge on any atom is 0.306 e. The molecule has 8 heteroatoms. The number of anilines is 1. The van der Waals surface area contributed by atoms with Gasteiger partial charge in [0.05, 0.1) is 12.0 Å². The van der Waals surface area contributed by atoms with Crippen LogP contribution in [0.5, 0.6) is 5.75 Å². The number of hydrogen-bond acceptors (Lipinski definition) is 4. The lowest BCUT2D eigenvalue weighted by Gasteiger charge is -2.05. The van der Waals surface area contributed by atoms with Crippen molar-refractivity contribution in [3.8, 4) is 5.75 Å². The zero-order valence-corrected chi connectivity index (χ0v) is 14.0. The van der Waals surface area contributed by atoms with Crippen LogP contribution in [0.1, 0.15) is 5.56 Å². The summed E-state index contributed by atoms with van der Waals surface area (Å²) in [6, 6.07) is 8.44. The van der Waals surface area contributed by atoms with E-state index in [9.17, 15) is 19.3 Å². The van der Waals surface area contributed by atoms with E-state index in [0.717, 1.165) is 16.6 Å². The number of amides is 1. The standard InChI is InChI=1S/C16H12BrFN2O4/c1-24-15-6-3-11(17)8-10(15)2-7-16(21)19-12-4-5-13(18)14(9-12)20(22)23/h2-9H,1H3,(H,19,21)/b7-2+. The van der Waals surface area contributed by atoms with Crippen LogP contribution >= 0.6 is 15.9 Å². The lowest BCUT2D eigenvalue weighted by atomic mass is 10.2. The van der Waals surface area contributed by atoms with Crippen LogP contribution in [0.25, 0.3) is 6.08 Å². The summed E-state index contributed by atoms with van der Waals surface area (Å²) in [6.07, 6.45) is 2.79. The molecule has 0 atom stereocenters. The van der Waals surface area contributed by atoms with Gasteiger partial charge in [0.25, 0.3) is 0 Å². The highest BCUT2D eigenvalue weighted by Gasteiger charge is 2.14. The van der Waals surface area contributed by atoms with Crippen LogP contribution < -0.4 is 10.1 Å². The predicted octanol–water partition coefficient (Wildman–Crippen LogP) is 4.16. The summed E-state index contributed by atoms with van der Waals surface area (Å²) in [5.74, 6) is -0.898. The van der Waals surface area contributed by atoms with Crippen LogP contribution in [0.4, 0.5) is 15.8 Å². The summed E-state index contributed by atoms with van der Waals surface area (Å²) in [5, 5.41) is 13.1. The van der Waals surface area contributed by atoms with Crippen molar-refractivity contribution in [2.45, 2.75) is 0 Å². The molecular weight excluding hydrogens is 383 g/mol. The molecular formula is C16H12BrFN2O4. The van der Waals surface area contributed by atoms with Gasteiger partial charge in [-0.3, -0.25) is 14.9 Å². The molecule has 24 heavy (non-hydrogen) atoms. The van der Waals surface area contributed by atoms with E-state index in [1.54, 1.807) is 18.2 Å². The van der Waals surface area contributed by atoms with Gasteiger partial charge < -0.3 is 10.1 Å². The number of benzene rings is 2. The first-order chi connectivity index (χ1) is 11.4. The normalized spacial score (nSPS) is 10.6. The van der Waals surface area contributed by atoms with Crippen molar-refractivity contribution in [3.05, 3.63) is 68.4 Å². The van der Waals surface area contributed by atoms with Crippen molar-refractivity contribution in [1.82, 2.24) is 0 Å². The first kappa shape index (κ1) is 17.6. The topological polar surface area (TPSA) is 81.5 Å². The number of carbonyl (C=O) groups excluding carboxylic acids is 1. The van der Waals surface area contributed by atoms with Gasteiger partial charge in [-0.05, 0) is 36.4 Å². The molecule has 0 saturated carbocycles. The van der Waals surface area contributed by atoms with Gasteiger partial charge in [0.2, 0.25) is 11.7 Å². The second kappa shape index (κ2) is 7.69. The Hall–Kier alpha value is -2.74. The SMILES string of the molecule is COc1ccc(Br)cc1/C=C/C(=O)Nc1ccc(F)c([N+](=O)[O-])c1. The van der Waals surface area contributed by atoms with Gasteiger partial charge in [0.15, 0.2) is 0 Å². The fraction of sp³-hybridized carbons (Fsp3) is 0.0625. The summed E-state index contributed by atoms with van der Waals surface area (Å²) >= 11 is 3.33. The fourth-order valence-electron chi connectivity index (χ4n) is 1.92. The fourth-order valence-corrected chi connectivity index (χ4v) is 2.29. The second-order valence-corrected chi connectivity index (χ2v) is 5.55. The molecule has 0 aliphatic rings. The van der Waals surface area contributed by atoms with Crippen LogP contribution in [0, 0.1) is 15.9 Å². The first-order valence-corrected chi connectivity index (χ1v) is 7.46. The molecule has 0 aliphatic carbocycles. The number of nitro groups is 1. The molecule has 0 radical (unpaired) electrons. The Labute approximate surface area is 145 Å². The Bertz CT molecular complexity index is 824. The zero-order valence-electron chi connectivity index (χ0n) is 12.5. The largest absolute Gasteiger partial charge is 0.496 e. The number of nitrogens with zero attached hydrogens (tertiary/aromatic N) is 1. The van der Waals surface area contributed by atoms with E-state index in [1.165, 1.54) is 25.3 Å². The lowest BCUT2D eigenvalue weighted by molar-refractivity contribution is -0.387. The molecule has 2 rings (SSSR count). The minimum absolute atomic E-state index is 0.124. The number of rotatable bonds is 5. The van der Waals surface area contributed by atoms with Crippen molar-refractivity contribution in [1.29, 1.82) is 0 Å². The van der Waals surface area contributed by atoms with Gasteiger partial charge in [-0.2, -0.15) is 4.39 Å².